The molecule has 6 heteroatoms. The largest absolute Gasteiger partial charge is 0.483 e. The van der Waals surface area contributed by atoms with E-state index in [-0.39, 0.29) is 31.0 Å². The summed E-state index contributed by atoms with van der Waals surface area (Å²) in [5.41, 5.74) is 3.86. The van der Waals surface area contributed by atoms with Gasteiger partial charge in [-0.25, -0.2) is 0 Å². The van der Waals surface area contributed by atoms with Crippen molar-refractivity contribution < 1.29 is 14.3 Å². The van der Waals surface area contributed by atoms with Gasteiger partial charge in [-0.1, -0.05) is 73.1 Å². The standard InChI is InChI=1S/C30H35ClN2O3/c1-5-23(4)32-30(35)27(18-24-9-7-6-8-10-24)33(19-25-13-15-26(31)16-14-25)29(34)20-36-28-17-21(2)11-12-22(28)3/h6-17,23,27H,5,18-20H2,1-4H3,(H,32,35)/t23-,27+/m0/s1. The van der Waals surface area contributed by atoms with Crippen molar-refractivity contribution in [2.24, 2.45) is 0 Å². The van der Waals surface area contributed by atoms with Crippen LogP contribution in [0.3, 0.4) is 0 Å². The Kier molecular flexibility index (Phi) is 9.95. The number of nitrogens with one attached hydrogen (secondary N) is 1. The molecule has 0 radical (unpaired) electrons. The Morgan fingerprint density at radius 3 is 2.33 bits per heavy atom. The van der Waals surface area contributed by atoms with Gasteiger partial charge in [0.2, 0.25) is 5.91 Å². The third-order valence-corrected chi connectivity index (χ3v) is 6.49. The molecule has 0 saturated carbocycles. The van der Waals surface area contributed by atoms with Crippen molar-refractivity contribution in [2.75, 3.05) is 6.61 Å². The van der Waals surface area contributed by atoms with Crippen molar-refractivity contribution in [1.82, 2.24) is 10.2 Å². The summed E-state index contributed by atoms with van der Waals surface area (Å²) in [5, 5.41) is 3.69. The number of hydrogen-bond acceptors (Lipinski definition) is 3. The van der Waals surface area contributed by atoms with E-state index in [0.717, 1.165) is 28.7 Å². The highest BCUT2D eigenvalue weighted by Crippen LogP contribution is 2.21. The van der Waals surface area contributed by atoms with Crippen molar-refractivity contribution in [2.45, 2.75) is 59.2 Å². The lowest BCUT2D eigenvalue weighted by molar-refractivity contribution is -0.143. The van der Waals surface area contributed by atoms with E-state index in [1.165, 1.54) is 0 Å². The number of carbonyl (C=O) groups is 2. The Bertz CT molecular complexity index is 1150. The fourth-order valence-corrected chi connectivity index (χ4v) is 3.99. The van der Waals surface area contributed by atoms with E-state index in [4.69, 9.17) is 16.3 Å². The Morgan fingerprint density at radius 2 is 1.67 bits per heavy atom. The first kappa shape index (κ1) is 27.3. The predicted octanol–water partition coefficient (Wildman–Crippen LogP) is 5.89. The Hall–Kier alpha value is -3.31. The van der Waals surface area contributed by atoms with Gasteiger partial charge in [0.15, 0.2) is 6.61 Å². The number of benzene rings is 3. The molecule has 0 unspecified atom stereocenters. The predicted molar refractivity (Wildman–Crippen MR) is 145 cm³/mol. The van der Waals surface area contributed by atoms with Crippen molar-refractivity contribution in [3.05, 3.63) is 100 Å². The van der Waals surface area contributed by atoms with Crippen LogP contribution in [0.2, 0.25) is 5.02 Å². The number of hydrogen-bond donors (Lipinski definition) is 1. The van der Waals surface area contributed by atoms with Crippen LogP contribution >= 0.6 is 11.6 Å². The SMILES string of the molecule is CC[C@H](C)NC(=O)[C@@H](Cc1ccccc1)N(Cc1ccc(Cl)cc1)C(=O)COc1cc(C)ccc1C. The molecule has 0 spiro atoms. The summed E-state index contributed by atoms with van der Waals surface area (Å²) < 4.78 is 5.96. The number of halogens is 1. The van der Waals surface area contributed by atoms with E-state index in [2.05, 4.69) is 5.32 Å². The van der Waals surface area contributed by atoms with Gasteiger partial charge in [-0.3, -0.25) is 9.59 Å². The molecule has 36 heavy (non-hydrogen) atoms. The maximum Gasteiger partial charge on any atom is 0.261 e. The van der Waals surface area contributed by atoms with Crippen LogP contribution in [0.4, 0.5) is 0 Å². The van der Waals surface area contributed by atoms with Crippen LogP contribution in [0.15, 0.2) is 72.8 Å². The molecule has 0 aromatic heterocycles. The smallest absolute Gasteiger partial charge is 0.261 e. The molecule has 2 amide bonds. The molecule has 3 aromatic carbocycles. The molecule has 0 aliphatic rings. The summed E-state index contributed by atoms with van der Waals surface area (Å²) in [4.78, 5) is 28.8. The van der Waals surface area contributed by atoms with Gasteiger partial charge in [0.25, 0.3) is 5.91 Å². The number of amides is 2. The van der Waals surface area contributed by atoms with Crippen molar-refractivity contribution >= 4 is 23.4 Å². The summed E-state index contributed by atoms with van der Waals surface area (Å²) in [6, 6.07) is 22.3. The van der Waals surface area contributed by atoms with Crippen molar-refractivity contribution in [1.29, 1.82) is 0 Å². The lowest BCUT2D eigenvalue weighted by atomic mass is 10.0. The molecular formula is C30H35ClN2O3. The zero-order chi connectivity index (χ0) is 26.1. The molecule has 3 rings (SSSR count). The molecule has 0 aliphatic heterocycles. The van der Waals surface area contributed by atoms with E-state index in [9.17, 15) is 9.59 Å². The first-order valence-corrected chi connectivity index (χ1v) is 12.7. The lowest BCUT2D eigenvalue weighted by Crippen LogP contribution is -2.53. The van der Waals surface area contributed by atoms with Gasteiger partial charge in [0.1, 0.15) is 11.8 Å². The van der Waals surface area contributed by atoms with Crippen molar-refractivity contribution in [3.8, 4) is 5.75 Å². The summed E-state index contributed by atoms with van der Waals surface area (Å²) in [7, 11) is 0. The number of nitrogens with zero attached hydrogens (tertiary/aromatic N) is 1. The average molecular weight is 507 g/mol. The number of carbonyl (C=O) groups excluding carboxylic acids is 2. The van der Waals surface area contributed by atoms with Crippen LogP contribution in [-0.4, -0.2) is 35.4 Å². The maximum atomic E-state index is 13.7. The fraction of sp³-hybridized carbons (Fsp3) is 0.333. The summed E-state index contributed by atoms with van der Waals surface area (Å²) in [6.07, 6.45) is 1.19. The Morgan fingerprint density at radius 1 is 0.972 bits per heavy atom. The zero-order valence-electron chi connectivity index (χ0n) is 21.5. The average Bonchev–Trinajstić information content (AvgIpc) is 2.88. The number of ether oxygens (including phenoxy) is 1. The molecule has 5 nitrogen and oxygen atoms in total. The molecule has 3 aromatic rings. The quantitative estimate of drug-likeness (QED) is 0.352. The topological polar surface area (TPSA) is 58.6 Å². The van der Waals surface area contributed by atoms with E-state index in [1.807, 2.05) is 88.4 Å². The lowest BCUT2D eigenvalue weighted by Gasteiger charge is -2.32. The van der Waals surface area contributed by atoms with E-state index >= 15 is 0 Å². The van der Waals surface area contributed by atoms with Crippen LogP contribution in [-0.2, 0) is 22.6 Å². The first-order valence-electron chi connectivity index (χ1n) is 12.3. The fourth-order valence-electron chi connectivity index (χ4n) is 3.87. The van der Waals surface area contributed by atoms with Crippen LogP contribution in [0.25, 0.3) is 0 Å². The summed E-state index contributed by atoms with van der Waals surface area (Å²) >= 11 is 6.08. The normalized spacial score (nSPS) is 12.5. The van der Waals surface area contributed by atoms with Crippen LogP contribution in [0.5, 0.6) is 5.75 Å². The molecular weight excluding hydrogens is 472 g/mol. The van der Waals surface area contributed by atoms with Gasteiger partial charge in [0, 0.05) is 24.0 Å². The van der Waals surface area contributed by atoms with E-state index in [1.54, 1.807) is 17.0 Å². The van der Waals surface area contributed by atoms with Crippen LogP contribution < -0.4 is 10.1 Å². The molecule has 0 aliphatic carbocycles. The molecule has 0 saturated heterocycles. The molecule has 190 valence electrons. The second-order valence-corrected chi connectivity index (χ2v) is 9.67. The highest BCUT2D eigenvalue weighted by atomic mass is 35.5. The van der Waals surface area contributed by atoms with Gasteiger partial charge in [-0.15, -0.1) is 0 Å². The second-order valence-electron chi connectivity index (χ2n) is 9.23. The van der Waals surface area contributed by atoms with Crippen LogP contribution in [0.1, 0.15) is 42.5 Å². The monoisotopic (exact) mass is 506 g/mol. The van der Waals surface area contributed by atoms with E-state index in [0.29, 0.717) is 17.2 Å². The third-order valence-electron chi connectivity index (χ3n) is 6.23. The molecule has 0 heterocycles. The minimum Gasteiger partial charge on any atom is -0.483 e. The van der Waals surface area contributed by atoms with Gasteiger partial charge < -0.3 is 15.0 Å². The number of aryl methyl sites for hydroxylation is 2. The van der Waals surface area contributed by atoms with Gasteiger partial charge >= 0.3 is 0 Å². The van der Waals surface area contributed by atoms with Crippen LogP contribution in [0, 0.1) is 13.8 Å². The van der Waals surface area contributed by atoms with Gasteiger partial charge in [0.05, 0.1) is 0 Å². The molecule has 1 N–H and O–H groups in total. The highest BCUT2D eigenvalue weighted by Gasteiger charge is 2.31. The highest BCUT2D eigenvalue weighted by molar-refractivity contribution is 6.30. The van der Waals surface area contributed by atoms with Crippen molar-refractivity contribution in [3.63, 3.8) is 0 Å². The molecule has 0 fully saturated rings. The molecule has 0 bridgehead atoms. The second kappa shape index (κ2) is 13.1. The summed E-state index contributed by atoms with van der Waals surface area (Å²) in [6.45, 7) is 8.01. The number of rotatable bonds is 11. The maximum absolute atomic E-state index is 13.7. The first-order chi connectivity index (χ1) is 17.3. The van der Waals surface area contributed by atoms with E-state index < -0.39 is 6.04 Å². The minimum absolute atomic E-state index is 0.00514. The summed E-state index contributed by atoms with van der Waals surface area (Å²) in [5.74, 6) is 0.229. The van der Waals surface area contributed by atoms with Gasteiger partial charge in [-0.2, -0.15) is 0 Å². The third kappa shape index (κ3) is 7.85. The molecule has 2 atom stereocenters. The Labute approximate surface area is 219 Å². The zero-order valence-corrected chi connectivity index (χ0v) is 22.2. The minimum atomic E-state index is -0.702. The Balaban J connectivity index is 1.92. The van der Waals surface area contributed by atoms with Gasteiger partial charge in [-0.05, 0) is 67.6 Å².